The van der Waals surface area contributed by atoms with E-state index >= 15 is 0 Å². The number of ether oxygens (including phenoxy) is 1. The third-order valence-corrected chi connectivity index (χ3v) is 7.90. The number of nitrogens with zero attached hydrogens (tertiary/aromatic N) is 3. The second kappa shape index (κ2) is 8.98. The molecule has 2 aromatic heterocycles. The number of carbonyl (C=O) groups is 2. The third kappa shape index (κ3) is 3.99. The van der Waals surface area contributed by atoms with Crippen molar-refractivity contribution in [1.29, 1.82) is 0 Å². The average molecular weight is 500 g/mol. The van der Waals surface area contributed by atoms with Crippen LogP contribution < -0.4 is 15.4 Å². The van der Waals surface area contributed by atoms with Crippen molar-refractivity contribution in [2.75, 3.05) is 18.2 Å². The van der Waals surface area contributed by atoms with Crippen LogP contribution in [-0.4, -0.2) is 45.5 Å². The van der Waals surface area contributed by atoms with Crippen LogP contribution >= 0.6 is 11.8 Å². The van der Waals surface area contributed by atoms with Crippen molar-refractivity contribution in [3.63, 3.8) is 0 Å². The van der Waals surface area contributed by atoms with E-state index in [0.29, 0.717) is 23.4 Å². The number of fused-ring (bicyclic) bond motifs is 3. The van der Waals surface area contributed by atoms with Crippen molar-refractivity contribution < 1.29 is 14.3 Å². The number of carbonyl (C=O) groups excluding carboxylic acids is 2. The first-order chi connectivity index (χ1) is 17.5. The highest BCUT2D eigenvalue weighted by atomic mass is 32.2. The Bertz CT molecular complexity index is 1530. The lowest BCUT2D eigenvalue weighted by Crippen LogP contribution is -2.39. The van der Waals surface area contributed by atoms with Crippen molar-refractivity contribution >= 4 is 40.2 Å². The van der Waals surface area contributed by atoms with E-state index in [1.165, 1.54) is 11.8 Å². The van der Waals surface area contributed by atoms with Gasteiger partial charge >= 0.3 is 0 Å². The summed E-state index contributed by atoms with van der Waals surface area (Å²) >= 11 is 1.50. The number of hydrogen-bond donors (Lipinski definition) is 2. The van der Waals surface area contributed by atoms with Crippen LogP contribution in [0.4, 0.5) is 5.69 Å². The Hall–Kier alpha value is -3.85. The highest BCUT2D eigenvalue weighted by Gasteiger charge is 2.26. The Kier molecular flexibility index (Phi) is 5.64. The largest absolute Gasteiger partial charge is 0.497 e. The number of anilines is 1. The SMILES string of the molecule is COc1ccc2nccc(-n3ncc4c3CCC(NC(=O)c3cc5c(cc3C)SCC(=O)N5)C4)c2c1. The van der Waals surface area contributed by atoms with Crippen molar-refractivity contribution in [1.82, 2.24) is 20.1 Å². The molecule has 1 atom stereocenters. The number of aryl methyl sites for hydroxylation is 1. The van der Waals surface area contributed by atoms with E-state index < -0.39 is 0 Å². The number of hydrogen-bond acceptors (Lipinski definition) is 6. The van der Waals surface area contributed by atoms with Gasteiger partial charge in [-0.25, -0.2) is 4.68 Å². The fraction of sp³-hybridized carbons (Fsp3) is 0.259. The van der Waals surface area contributed by atoms with E-state index in [1.807, 2.05) is 48.1 Å². The normalized spacial score (nSPS) is 16.7. The van der Waals surface area contributed by atoms with Crippen LogP contribution in [0, 0.1) is 6.92 Å². The van der Waals surface area contributed by atoms with Crippen LogP contribution in [0.3, 0.4) is 0 Å². The molecule has 0 saturated heterocycles. The Morgan fingerprint density at radius 2 is 2.14 bits per heavy atom. The topological polar surface area (TPSA) is 98.1 Å². The number of benzene rings is 2. The molecule has 9 heteroatoms. The molecule has 0 spiro atoms. The van der Waals surface area contributed by atoms with Crippen LogP contribution in [0.1, 0.15) is 33.6 Å². The molecule has 8 nitrogen and oxygen atoms in total. The van der Waals surface area contributed by atoms with Gasteiger partial charge in [-0.1, -0.05) is 0 Å². The number of nitrogens with one attached hydrogen (secondary N) is 2. The standard InChI is InChI=1S/C27H25N5O3S/c1-15-9-25-22(31-26(33)14-36-25)12-19(15)27(34)30-17-3-6-23-16(10-17)13-29-32(23)24-7-8-28-21-5-4-18(35-2)11-20(21)24/h4-5,7-9,11-13,17H,3,6,10,14H2,1-2H3,(H,30,34)(H,31,33). The minimum Gasteiger partial charge on any atom is -0.497 e. The monoisotopic (exact) mass is 499 g/mol. The van der Waals surface area contributed by atoms with Gasteiger partial charge in [0.05, 0.1) is 36.0 Å². The molecular formula is C27H25N5O3S. The first kappa shape index (κ1) is 22.6. The second-order valence-electron chi connectivity index (χ2n) is 9.15. The molecule has 4 aromatic rings. The van der Waals surface area contributed by atoms with Crippen molar-refractivity contribution in [2.24, 2.45) is 0 Å². The van der Waals surface area contributed by atoms with Crippen molar-refractivity contribution in [2.45, 2.75) is 37.1 Å². The number of amides is 2. The summed E-state index contributed by atoms with van der Waals surface area (Å²) in [7, 11) is 1.65. The molecule has 1 aliphatic carbocycles. The Morgan fingerprint density at radius 1 is 1.25 bits per heavy atom. The van der Waals surface area contributed by atoms with Gasteiger partial charge in [0.1, 0.15) is 5.75 Å². The number of thioether (sulfide) groups is 1. The molecule has 3 heterocycles. The van der Waals surface area contributed by atoms with E-state index in [2.05, 4.69) is 15.6 Å². The van der Waals surface area contributed by atoms with Gasteiger partial charge in [0.25, 0.3) is 5.91 Å². The number of pyridine rings is 1. The minimum atomic E-state index is -0.117. The van der Waals surface area contributed by atoms with Gasteiger partial charge < -0.3 is 15.4 Å². The Balaban J connectivity index is 1.23. The molecule has 1 aliphatic heterocycles. The summed E-state index contributed by atoms with van der Waals surface area (Å²) in [6, 6.07) is 11.6. The number of rotatable bonds is 4. The zero-order valence-corrected chi connectivity index (χ0v) is 20.8. The van der Waals surface area contributed by atoms with Crippen LogP contribution in [0.25, 0.3) is 16.6 Å². The van der Waals surface area contributed by atoms with Gasteiger partial charge in [-0.2, -0.15) is 5.10 Å². The maximum Gasteiger partial charge on any atom is 0.251 e. The van der Waals surface area contributed by atoms with Crippen LogP contribution in [0.5, 0.6) is 5.75 Å². The molecule has 36 heavy (non-hydrogen) atoms. The zero-order chi connectivity index (χ0) is 24.8. The maximum absolute atomic E-state index is 13.2. The third-order valence-electron chi connectivity index (χ3n) is 6.84. The fourth-order valence-corrected chi connectivity index (χ4v) is 5.90. The smallest absolute Gasteiger partial charge is 0.251 e. The average Bonchev–Trinajstić information content (AvgIpc) is 3.30. The Morgan fingerprint density at radius 3 is 3.00 bits per heavy atom. The molecule has 0 radical (unpaired) electrons. The van der Waals surface area contributed by atoms with Gasteiger partial charge in [-0.15, -0.1) is 11.8 Å². The van der Waals surface area contributed by atoms with E-state index in [0.717, 1.165) is 56.9 Å². The van der Waals surface area contributed by atoms with E-state index in [4.69, 9.17) is 9.84 Å². The zero-order valence-electron chi connectivity index (χ0n) is 20.0. The molecule has 2 N–H and O–H groups in total. The van der Waals surface area contributed by atoms with Crippen LogP contribution in [0.2, 0.25) is 0 Å². The molecule has 2 amide bonds. The molecule has 1 unspecified atom stereocenters. The number of aromatic nitrogens is 3. The van der Waals surface area contributed by atoms with Gasteiger partial charge in [0, 0.05) is 33.8 Å². The lowest BCUT2D eigenvalue weighted by molar-refractivity contribution is -0.113. The maximum atomic E-state index is 13.2. The second-order valence-corrected chi connectivity index (χ2v) is 10.2. The van der Waals surface area contributed by atoms with Gasteiger partial charge in [-0.3, -0.25) is 14.6 Å². The quantitative estimate of drug-likeness (QED) is 0.439. The van der Waals surface area contributed by atoms with E-state index in [1.54, 1.807) is 19.4 Å². The molecule has 0 fully saturated rings. The summed E-state index contributed by atoms with van der Waals surface area (Å²) < 4.78 is 7.41. The molecule has 2 aliphatic rings. The predicted molar refractivity (Wildman–Crippen MR) is 139 cm³/mol. The molecule has 0 bridgehead atoms. The molecule has 2 aromatic carbocycles. The predicted octanol–water partition coefficient (Wildman–Crippen LogP) is 4.07. The van der Waals surface area contributed by atoms with Gasteiger partial charge in [-0.05, 0) is 73.7 Å². The highest BCUT2D eigenvalue weighted by molar-refractivity contribution is 8.00. The van der Waals surface area contributed by atoms with Crippen LogP contribution in [-0.2, 0) is 17.6 Å². The summed E-state index contributed by atoms with van der Waals surface area (Å²) in [6.45, 7) is 1.93. The summed E-state index contributed by atoms with van der Waals surface area (Å²) in [4.78, 5) is 30.4. The first-order valence-corrected chi connectivity index (χ1v) is 12.9. The highest BCUT2D eigenvalue weighted by Crippen LogP contribution is 2.34. The molecule has 6 rings (SSSR count). The lowest BCUT2D eigenvalue weighted by atomic mass is 9.92. The Labute approximate surface area is 212 Å². The molecule has 182 valence electrons. The van der Waals surface area contributed by atoms with Crippen molar-refractivity contribution in [3.05, 3.63) is 71.2 Å². The summed E-state index contributed by atoms with van der Waals surface area (Å²) in [5.41, 5.74) is 6.33. The van der Waals surface area contributed by atoms with Crippen LogP contribution in [0.15, 0.2) is 53.7 Å². The summed E-state index contributed by atoms with van der Waals surface area (Å²) in [5.74, 6) is 1.02. The first-order valence-electron chi connectivity index (χ1n) is 11.9. The van der Waals surface area contributed by atoms with E-state index in [-0.39, 0.29) is 17.9 Å². The molecular weight excluding hydrogens is 474 g/mol. The van der Waals surface area contributed by atoms with Gasteiger partial charge in [0.15, 0.2) is 0 Å². The minimum absolute atomic E-state index is 0.0105. The molecule has 0 saturated carbocycles. The van der Waals surface area contributed by atoms with Gasteiger partial charge in [0.2, 0.25) is 5.91 Å². The van der Waals surface area contributed by atoms with Crippen molar-refractivity contribution in [3.8, 4) is 11.4 Å². The summed E-state index contributed by atoms with van der Waals surface area (Å²) in [5, 5.41) is 11.8. The lowest BCUT2D eigenvalue weighted by Gasteiger charge is -2.25. The number of methoxy groups -OCH3 is 1. The summed E-state index contributed by atoms with van der Waals surface area (Å²) in [6.07, 6.45) is 6.02. The van der Waals surface area contributed by atoms with E-state index in [9.17, 15) is 9.59 Å². The fourth-order valence-electron chi connectivity index (χ4n) is 5.01.